The molecule has 2 aromatic rings. The molecule has 1 aromatic heterocycles. The number of aryl methyl sites for hydroxylation is 1. The molecule has 0 aliphatic carbocycles. The van der Waals surface area contributed by atoms with Crippen LogP contribution in [0.5, 0.6) is 0 Å². The van der Waals surface area contributed by atoms with Crippen LogP contribution in [0.1, 0.15) is 73.9 Å². The second-order valence-electron chi connectivity index (χ2n) is 10.1. The summed E-state index contributed by atoms with van der Waals surface area (Å²) >= 11 is 0. The number of hydrogen-bond donors (Lipinski definition) is 2. The summed E-state index contributed by atoms with van der Waals surface area (Å²) in [5.41, 5.74) is 3.41. The van der Waals surface area contributed by atoms with Gasteiger partial charge in [-0.15, -0.1) is 0 Å². The third-order valence-electron chi connectivity index (χ3n) is 8.07. The number of aromatic nitrogens is 2. The number of benzene rings is 1. The first kappa shape index (κ1) is 22.9. The van der Waals surface area contributed by atoms with Gasteiger partial charge in [0.25, 0.3) is 0 Å². The van der Waals surface area contributed by atoms with Crippen LogP contribution in [0, 0.1) is 6.92 Å². The third-order valence-corrected chi connectivity index (χ3v) is 8.07. The number of nitrogens with zero attached hydrogens (tertiary/aromatic N) is 4. The third kappa shape index (κ3) is 4.43. The number of imidazole rings is 1. The molecule has 2 fully saturated rings. The van der Waals surface area contributed by atoms with Crippen molar-refractivity contribution >= 4 is 12.0 Å². The summed E-state index contributed by atoms with van der Waals surface area (Å²) in [4.78, 5) is 32.8. The summed E-state index contributed by atoms with van der Waals surface area (Å²) in [6.07, 6.45) is 5.19. The summed E-state index contributed by atoms with van der Waals surface area (Å²) < 4.78 is 2.44. The van der Waals surface area contributed by atoms with Gasteiger partial charge in [-0.1, -0.05) is 30.3 Å². The molecule has 34 heavy (non-hydrogen) atoms. The predicted molar refractivity (Wildman–Crippen MR) is 129 cm³/mol. The maximum atomic E-state index is 12.0. The SMILES string of the molecule is CC(=O)N1CCc2nc(C)n([C@H]3C[C@H]4CC[C@@H](C3)N4CC[C@H](NC(=O)O)c3ccccc3)c2C1. The Kier molecular flexibility index (Phi) is 6.34. The molecule has 8 heteroatoms. The van der Waals surface area contributed by atoms with E-state index in [1.165, 1.54) is 18.5 Å². The van der Waals surface area contributed by atoms with Crippen molar-refractivity contribution in [3.05, 3.63) is 53.1 Å². The largest absolute Gasteiger partial charge is 0.465 e. The van der Waals surface area contributed by atoms with Crippen molar-refractivity contribution in [2.45, 2.75) is 83.1 Å². The van der Waals surface area contributed by atoms with Crippen LogP contribution in [-0.2, 0) is 17.8 Å². The molecule has 5 rings (SSSR count). The summed E-state index contributed by atoms with van der Waals surface area (Å²) in [6.45, 7) is 6.07. The fraction of sp³-hybridized carbons (Fsp3) is 0.577. The lowest BCUT2D eigenvalue weighted by molar-refractivity contribution is -0.129. The van der Waals surface area contributed by atoms with Gasteiger partial charge in [-0.25, -0.2) is 9.78 Å². The Hall–Kier alpha value is -2.87. The molecule has 0 saturated carbocycles. The quantitative estimate of drug-likeness (QED) is 0.679. The van der Waals surface area contributed by atoms with Crippen molar-refractivity contribution in [2.24, 2.45) is 0 Å². The first-order valence-electron chi connectivity index (χ1n) is 12.5. The molecule has 2 bridgehead atoms. The summed E-state index contributed by atoms with van der Waals surface area (Å²) in [5, 5.41) is 12.1. The predicted octanol–water partition coefficient (Wildman–Crippen LogP) is 3.66. The molecule has 2 saturated heterocycles. The highest BCUT2D eigenvalue weighted by molar-refractivity contribution is 5.73. The average molecular weight is 466 g/mol. The van der Waals surface area contributed by atoms with Crippen LogP contribution < -0.4 is 5.32 Å². The van der Waals surface area contributed by atoms with E-state index in [0.717, 1.165) is 55.9 Å². The van der Waals surface area contributed by atoms with Crippen molar-refractivity contribution in [3.8, 4) is 0 Å². The zero-order chi connectivity index (χ0) is 23.8. The minimum atomic E-state index is -0.976. The Bertz CT molecular complexity index is 1040. The number of amides is 2. The maximum Gasteiger partial charge on any atom is 0.405 e. The minimum absolute atomic E-state index is 0.133. The number of nitrogens with one attached hydrogen (secondary N) is 1. The Morgan fingerprint density at radius 1 is 1.15 bits per heavy atom. The van der Waals surface area contributed by atoms with Crippen molar-refractivity contribution in [1.29, 1.82) is 0 Å². The van der Waals surface area contributed by atoms with E-state index in [-0.39, 0.29) is 11.9 Å². The van der Waals surface area contributed by atoms with E-state index >= 15 is 0 Å². The van der Waals surface area contributed by atoms with Crippen LogP contribution in [0.4, 0.5) is 4.79 Å². The second kappa shape index (κ2) is 9.41. The number of hydrogen-bond acceptors (Lipinski definition) is 4. The van der Waals surface area contributed by atoms with Gasteiger partial charge in [0, 0.05) is 44.6 Å². The maximum absolute atomic E-state index is 12.0. The van der Waals surface area contributed by atoms with Gasteiger partial charge in [0.15, 0.2) is 0 Å². The van der Waals surface area contributed by atoms with E-state index < -0.39 is 6.09 Å². The molecule has 0 spiro atoms. The number of piperidine rings is 1. The second-order valence-corrected chi connectivity index (χ2v) is 10.1. The lowest BCUT2D eigenvalue weighted by Crippen LogP contribution is -2.45. The van der Waals surface area contributed by atoms with Gasteiger partial charge in [-0.2, -0.15) is 0 Å². The van der Waals surface area contributed by atoms with Crippen molar-refractivity contribution in [3.63, 3.8) is 0 Å². The highest BCUT2D eigenvalue weighted by Gasteiger charge is 2.42. The van der Waals surface area contributed by atoms with E-state index in [2.05, 4.69) is 21.7 Å². The van der Waals surface area contributed by atoms with Crippen molar-refractivity contribution in [2.75, 3.05) is 13.1 Å². The number of carbonyl (C=O) groups is 2. The topological polar surface area (TPSA) is 90.7 Å². The van der Waals surface area contributed by atoms with E-state index in [4.69, 9.17) is 4.98 Å². The standard InChI is InChI=1S/C26H35N5O3/c1-17-27-24-10-12-29(18(2)32)16-25(24)31(17)22-14-20-8-9-21(15-22)30(20)13-11-23(28-26(33)34)19-6-4-3-5-7-19/h3-7,20-23,28H,8-16H2,1-2H3,(H,33,34)/t20-,21+,22+,23-/m0/s1. The summed E-state index contributed by atoms with van der Waals surface area (Å²) in [5.74, 6) is 1.21. The van der Waals surface area contributed by atoms with E-state index in [1.807, 2.05) is 35.2 Å². The van der Waals surface area contributed by atoms with Gasteiger partial charge in [0.05, 0.1) is 24.0 Å². The van der Waals surface area contributed by atoms with Gasteiger partial charge < -0.3 is 19.9 Å². The van der Waals surface area contributed by atoms with E-state index in [1.54, 1.807) is 6.92 Å². The smallest absolute Gasteiger partial charge is 0.405 e. The molecule has 3 aliphatic rings. The zero-order valence-corrected chi connectivity index (χ0v) is 20.1. The minimum Gasteiger partial charge on any atom is -0.465 e. The first-order valence-corrected chi connectivity index (χ1v) is 12.5. The number of carboxylic acid groups (broad SMARTS) is 1. The number of fused-ring (bicyclic) bond motifs is 3. The Labute approximate surface area is 201 Å². The van der Waals surface area contributed by atoms with Crippen LogP contribution in [0.25, 0.3) is 0 Å². The molecule has 0 radical (unpaired) electrons. The highest BCUT2D eigenvalue weighted by atomic mass is 16.4. The summed E-state index contributed by atoms with van der Waals surface area (Å²) in [6, 6.07) is 11.1. The van der Waals surface area contributed by atoms with Gasteiger partial charge in [0.1, 0.15) is 5.82 Å². The lowest BCUT2D eigenvalue weighted by Gasteiger charge is -2.41. The van der Waals surface area contributed by atoms with E-state index in [0.29, 0.717) is 24.7 Å². The van der Waals surface area contributed by atoms with Crippen molar-refractivity contribution < 1.29 is 14.7 Å². The van der Waals surface area contributed by atoms with Gasteiger partial charge in [0.2, 0.25) is 5.91 Å². The molecular formula is C26H35N5O3. The van der Waals surface area contributed by atoms with E-state index in [9.17, 15) is 14.7 Å². The lowest BCUT2D eigenvalue weighted by atomic mass is 9.95. The molecule has 8 nitrogen and oxygen atoms in total. The molecule has 182 valence electrons. The Morgan fingerprint density at radius 3 is 2.50 bits per heavy atom. The first-order chi connectivity index (χ1) is 16.4. The molecule has 1 aromatic carbocycles. The normalized spacial score (nSPS) is 25.1. The van der Waals surface area contributed by atoms with Crippen molar-refractivity contribution in [1.82, 2.24) is 24.7 Å². The number of rotatable bonds is 6. The fourth-order valence-corrected chi connectivity index (χ4v) is 6.53. The molecular weight excluding hydrogens is 430 g/mol. The van der Waals surface area contributed by atoms with Crippen LogP contribution in [-0.4, -0.2) is 61.6 Å². The summed E-state index contributed by atoms with van der Waals surface area (Å²) in [7, 11) is 0. The van der Waals surface area contributed by atoms with Gasteiger partial charge in [-0.3, -0.25) is 9.69 Å². The molecule has 2 N–H and O–H groups in total. The Balaban J connectivity index is 1.28. The van der Waals surface area contributed by atoms with Crippen LogP contribution >= 0.6 is 0 Å². The molecule has 0 unspecified atom stereocenters. The molecule has 4 heterocycles. The Morgan fingerprint density at radius 2 is 1.85 bits per heavy atom. The molecule has 2 amide bonds. The molecule has 4 atom stereocenters. The monoisotopic (exact) mass is 465 g/mol. The van der Waals surface area contributed by atoms with Crippen LogP contribution in [0.2, 0.25) is 0 Å². The zero-order valence-electron chi connectivity index (χ0n) is 20.1. The average Bonchev–Trinajstić information content (AvgIpc) is 3.27. The van der Waals surface area contributed by atoms with Gasteiger partial charge >= 0.3 is 6.09 Å². The van der Waals surface area contributed by atoms with Crippen LogP contribution in [0.15, 0.2) is 30.3 Å². The fourth-order valence-electron chi connectivity index (χ4n) is 6.53. The van der Waals surface area contributed by atoms with Crippen LogP contribution in [0.3, 0.4) is 0 Å². The number of carbonyl (C=O) groups excluding carboxylic acids is 1. The molecule has 3 aliphatic heterocycles. The highest BCUT2D eigenvalue weighted by Crippen LogP contribution is 2.43. The van der Waals surface area contributed by atoms with Gasteiger partial charge in [-0.05, 0) is 44.6 Å².